The van der Waals surface area contributed by atoms with Gasteiger partial charge in [-0.15, -0.1) is 0 Å². The van der Waals surface area contributed by atoms with Crippen LogP contribution in [0.3, 0.4) is 0 Å². The van der Waals surface area contributed by atoms with Crippen molar-refractivity contribution in [3.05, 3.63) is 64.7 Å². The lowest BCUT2D eigenvalue weighted by Gasteiger charge is -2.15. The Kier molecular flexibility index (Phi) is 7.63. The molecule has 0 aliphatic heterocycles. The van der Waals surface area contributed by atoms with Gasteiger partial charge in [-0.2, -0.15) is 0 Å². The van der Waals surface area contributed by atoms with E-state index in [0.717, 1.165) is 25.7 Å². The van der Waals surface area contributed by atoms with E-state index in [1.807, 2.05) is 13.0 Å². The molecule has 0 aliphatic rings. The number of halogens is 1. The van der Waals surface area contributed by atoms with Crippen LogP contribution in [0, 0.1) is 5.82 Å². The zero-order valence-corrected chi connectivity index (χ0v) is 18.0. The zero-order chi connectivity index (χ0) is 21.5. The van der Waals surface area contributed by atoms with E-state index in [1.54, 1.807) is 18.2 Å². The highest BCUT2D eigenvalue weighted by atomic mass is 32.2. The Balaban J connectivity index is 1.84. The maximum atomic E-state index is 13.4. The lowest BCUT2D eigenvalue weighted by molar-refractivity contribution is -0.119. The number of hydrogen-bond acceptors (Lipinski definition) is 4. The molecule has 1 aromatic heterocycles. The van der Waals surface area contributed by atoms with Gasteiger partial charge in [0.15, 0.2) is 5.16 Å². The Morgan fingerprint density at radius 1 is 1.17 bits per heavy atom. The van der Waals surface area contributed by atoms with E-state index in [2.05, 4.69) is 17.2 Å². The number of benzene rings is 2. The normalized spacial score (nSPS) is 12.1. The first-order valence-corrected chi connectivity index (χ1v) is 11.2. The number of fused-ring (bicyclic) bond motifs is 1. The monoisotopic (exact) mass is 427 g/mol. The standard InChI is InChI=1S/C23H26FN3O2S/c1-3-4-5-8-16(2)25-21(28)15-30-23-26-20-10-7-6-9-19(20)22(29)27(23)18-13-11-17(24)12-14-18/h6-7,9-14,16H,3-5,8,15H2,1-2H3,(H,25,28). The van der Waals surface area contributed by atoms with Gasteiger partial charge in [-0.3, -0.25) is 14.2 Å². The number of aromatic nitrogens is 2. The predicted octanol–water partition coefficient (Wildman–Crippen LogP) is 4.70. The van der Waals surface area contributed by atoms with Crippen molar-refractivity contribution < 1.29 is 9.18 Å². The number of unbranched alkanes of at least 4 members (excludes halogenated alkanes) is 2. The first-order chi connectivity index (χ1) is 14.5. The van der Waals surface area contributed by atoms with Crippen molar-refractivity contribution in [1.82, 2.24) is 14.9 Å². The smallest absolute Gasteiger partial charge is 0.266 e. The molecule has 5 nitrogen and oxygen atoms in total. The topological polar surface area (TPSA) is 64.0 Å². The third-order valence-electron chi connectivity index (χ3n) is 4.81. The number of hydrogen-bond donors (Lipinski definition) is 1. The van der Waals surface area contributed by atoms with Crippen LogP contribution in [0.1, 0.15) is 39.5 Å². The van der Waals surface area contributed by atoms with Gasteiger partial charge in [0.25, 0.3) is 5.56 Å². The highest BCUT2D eigenvalue weighted by Gasteiger charge is 2.15. The highest BCUT2D eigenvalue weighted by molar-refractivity contribution is 7.99. The minimum absolute atomic E-state index is 0.0999. The second-order valence-corrected chi connectivity index (χ2v) is 8.22. The Morgan fingerprint density at radius 2 is 1.90 bits per heavy atom. The molecule has 0 fully saturated rings. The molecule has 1 amide bonds. The summed E-state index contributed by atoms with van der Waals surface area (Å²) < 4.78 is 14.8. The predicted molar refractivity (Wildman–Crippen MR) is 120 cm³/mol. The van der Waals surface area contributed by atoms with Crippen LogP contribution in [0.5, 0.6) is 0 Å². The van der Waals surface area contributed by atoms with E-state index in [1.165, 1.54) is 40.6 Å². The van der Waals surface area contributed by atoms with Crippen LogP contribution in [0.15, 0.2) is 58.5 Å². The van der Waals surface area contributed by atoms with Gasteiger partial charge >= 0.3 is 0 Å². The largest absolute Gasteiger partial charge is 0.353 e. The van der Waals surface area contributed by atoms with Gasteiger partial charge in [-0.1, -0.05) is 50.1 Å². The quantitative estimate of drug-likeness (QED) is 0.305. The summed E-state index contributed by atoms with van der Waals surface area (Å²) in [4.78, 5) is 30.1. The lowest BCUT2D eigenvalue weighted by atomic mass is 10.1. The molecule has 3 rings (SSSR count). The van der Waals surface area contributed by atoms with Gasteiger partial charge in [0.2, 0.25) is 5.91 Å². The number of nitrogens with one attached hydrogen (secondary N) is 1. The van der Waals surface area contributed by atoms with E-state index in [4.69, 9.17) is 0 Å². The zero-order valence-electron chi connectivity index (χ0n) is 17.2. The number of amides is 1. The van der Waals surface area contributed by atoms with Crippen LogP contribution in [0.2, 0.25) is 0 Å². The number of rotatable bonds is 9. The average molecular weight is 428 g/mol. The molecule has 3 aromatic rings. The molecule has 7 heteroatoms. The van der Waals surface area contributed by atoms with Crippen LogP contribution >= 0.6 is 11.8 Å². The second kappa shape index (κ2) is 10.4. The fourth-order valence-electron chi connectivity index (χ4n) is 3.25. The van der Waals surface area contributed by atoms with Crippen LogP contribution in [-0.4, -0.2) is 27.3 Å². The molecule has 0 aliphatic carbocycles. The number of thioether (sulfide) groups is 1. The molecular formula is C23H26FN3O2S. The summed E-state index contributed by atoms with van der Waals surface area (Å²) in [6, 6.07) is 12.9. The van der Waals surface area contributed by atoms with Gasteiger partial charge < -0.3 is 5.32 Å². The molecule has 1 atom stereocenters. The van der Waals surface area contributed by atoms with Crippen LogP contribution in [0.4, 0.5) is 4.39 Å². The number of nitrogens with zero attached hydrogens (tertiary/aromatic N) is 2. The number of carbonyl (C=O) groups is 1. The molecule has 0 saturated carbocycles. The Bertz CT molecular complexity index is 1070. The molecule has 30 heavy (non-hydrogen) atoms. The summed E-state index contributed by atoms with van der Waals surface area (Å²) in [7, 11) is 0. The second-order valence-electron chi connectivity index (χ2n) is 7.28. The maximum absolute atomic E-state index is 13.4. The summed E-state index contributed by atoms with van der Waals surface area (Å²) in [5.74, 6) is -0.340. The SMILES string of the molecule is CCCCCC(C)NC(=O)CSc1nc2ccccc2c(=O)n1-c1ccc(F)cc1. The van der Waals surface area contributed by atoms with E-state index in [0.29, 0.717) is 21.7 Å². The molecule has 0 bridgehead atoms. The number of para-hydroxylation sites is 1. The van der Waals surface area contributed by atoms with Gasteiger partial charge in [0, 0.05) is 6.04 Å². The fourth-order valence-corrected chi connectivity index (χ4v) is 4.07. The van der Waals surface area contributed by atoms with Gasteiger partial charge in [0.05, 0.1) is 22.3 Å². The summed E-state index contributed by atoms with van der Waals surface area (Å²) in [5, 5.41) is 3.88. The van der Waals surface area contributed by atoms with E-state index in [9.17, 15) is 14.0 Å². The van der Waals surface area contributed by atoms with Crippen molar-refractivity contribution in [3.63, 3.8) is 0 Å². The average Bonchev–Trinajstić information content (AvgIpc) is 2.73. The first kappa shape index (κ1) is 22.0. The molecular weight excluding hydrogens is 401 g/mol. The molecule has 0 saturated heterocycles. The minimum atomic E-state index is -0.383. The summed E-state index contributed by atoms with van der Waals surface area (Å²) in [5.41, 5.74) is 0.829. The summed E-state index contributed by atoms with van der Waals surface area (Å²) in [6.07, 6.45) is 4.32. The van der Waals surface area contributed by atoms with Gasteiger partial charge in [-0.25, -0.2) is 9.37 Å². The lowest BCUT2D eigenvalue weighted by Crippen LogP contribution is -2.34. The highest BCUT2D eigenvalue weighted by Crippen LogP contribution is 2.21. The molecule has 158 valence electrons. The Hall–Kier alpha value is -2.67. The van der Waals surface area contributed by atoms with Crippen LogP contribution in [-0.2, 0) is 4.79 Å². The first-order valence-electron chi connectivity index (χ1n) is 10.2. The van der Waals surface area contributed by atoms with Crippen molar-refractivity contribution in [2.45, 2.75) is 50.7 Å². The van der Waals surface area contributed by atoms with Gasteiger partial charge in [-0.05, 0) is 49.7 Å². The van der Waals surface area contributed by atoms with E-state index >= 15 is 0 Å². The fraction of sp³-hybridized carbons (Fsp3) is 0.348. The number of carbonyl (C=O) groups excluding carboxylic acids is 1. The molecule has 1 N–H and O–H groups in total. The molecule has 1 unspecified atom stereocenters. The molecule has 2 aromatic carbocycles. The minimum Gasteiger partial charge on any atom is -0.353 e. The summed E-state index contributed by atoms with van der Waals surface area (Å²) >= 11 is 1.20. The van der Waals surface area contributed by atoms with Crippen molar-refractivity contribution in [2.24, 2.45) is 0 Å². The third kappa shape index (κ3) is 5.48. The maximum Gasteiger partial charge on any atom is 0.266 e. The Labute approximate surface area is 179 Å². The van der Waals surface area contributed by atoms with Crippen molar-refractivity contribution in [2.75, 3.05) is 5.75 Å². The van der Waals surface area contributed by atoms with Crippen LogP contribution < -0.4 is 10.9 Å². The van der Waals surface area contributed by atoms with Gasteiger partial charge in [0.1, 0.15) is 5.82 Å². The van der Waals surface area contributed by atoms with E-state index < -0.39 is 0 Å². The van der Waals surface area contributed by atoms with Crippen molar-refractivity contribution >= 4 is 28.6 Å². The molecule has 1 heterocycles. The third-order valence-corrected chi connectivity index (χ3v) is 5.75. The molecule has 0 spiro atoms. The van der Waals surface area contributed by atoms with Crippen molar-refractivity contribution in [1.29, 1.82) is 0 Å². The van der Waals surface area contributed by atoms with Crippen LogP contribution in [0.25, 0.3) is 16.6 Å². The Morgan fingerprint density at radius 3 is 2.63 bits per heavy atom. The van der Waals surface area contributed by atoms with E-state index in [-0.39, 0.29) is 29.1 Å². The molecule has 0 radical (unpaired) electrons. The van der Waals surface area contributed by atoms with Crippen molar-refractivity contribution in [3.8, 4) is 5.69 Å². The summed E-state index contributed by atoms with van der Waals surface area (Å²) in [6.45, 7) is 4.15.